The summed E-state index contributed by atoms with van der Waals surface area (Å²) in [6.45, 7) is 0. The van der Waals surface area contributed by atoms with Crippen LogP contribution in [0.4, 0.5) is 0 Å². The summed E-state index contributed by atoms with van der Waals surface area (Å²) >= 11 is 0. The molecule has 15 heavy (non-hydrogen) atoms. The first-order valence-corrected chi connectivity index (χ1v) is 4.98. The van der Waals surface area contributed by atoms with Crippen LogP contribution in [0.2, 0.25) is 0 Å². The minimum Gasteiger partial charge on any atom is -0.383 e. The molecular weight excluding hydrogens is 188 g/mol. The minimum absolute atomic E-state index is 0.0461. The Balaban J connectivity index is 2.69. The first-order chi connectivity index (χ1) is 7.20. The second kappa shape index (κ2) is 5.96. The number of nitrogens with zero attached hydrogens (tertiary/aromatic N) is 2. The fourth-order valence-electron chi connectivity index (χ4n) is 1.12. The van der Waals surface area contributed by atoms with Gasteiger partial charge in [0.1, 0.15) is 5.70 Å². The third-order valence-electron chi connectivity index (χ3n) is 1.88. The van der Waals surface area contributed by atoms with Crippen LogP contribution in [0.1, 0.15) is 12.8 Å². The van der Waals surface area contributed by atoms with Crippen molar-refractivity contribution in [2.45, 2.75) is 12.8 Å². The average molecular weight is 204 g/mol. The Kier molecular flexibility index (Phi) is 4.54. The summed E-state index contributed by atoms with van der Waals surface area (Å²) in [6, 6.07) is 0. The van der Waals surface area contributed by atoms with E-state index in [1.54, 1.807) is 12.4 Å². The molecule has 1 aliphatic rings. The van der Waals surface area contributed by atoms with Crippen LogP contribution >= 0.6 is 0 Å². The second-order valence-corrected chi connectivity index (χ2v) is 3.52. The van der Waals surface area contributed by atoms with E-state index in [4.69, 9.17) is 0 Å². The lowest BCUT2D eigenvalue weighted by Gasteiger charge is -2.03. The van der Waals surface area contributed by atoms with Gasteiger partial charge in [-0.15, -0.1) is 0 Å². The molecule has 0 aliphatic carbocycles. The van der Waals surface area contributed by atoms with Gasteiger partial charge in [-0.2, -0.15) is 0 Å². The predicted molar refractivity (Wildman–Crippen MR) is 62.8 cm³/mol. The summed E-state index contributed by atoms with van der Waals surface area (Å²) in [5.41, 5.74) is 0.525. The number of carbonyl (C=O) groups is 1. The molecule has 0 radical (unpaired) electrons. The minimum atomic E-state index is -0.0461. The lowest BCUT2D eigenvalue weighted by molar-refractivity contribution is -0.111. The Labute approximate surface area is 90.5 Å². The highest BCUT2D eigenvalue weighted by molar-refractivity contribution is 6.04. The van der Waals surface area contributed by atoms with E-state index in [9.17, 15) is 4.79 Å². The molecule has 80 valence electrons. The van der Waals surface area contributed by atoms with E-state index < -0.39 is 0 Å². The summed E-state index contributed by atoms with van der Waals surface area (Å²) in [4.78, 5) is 17.6. The van der Waals surface area contributed by atoms with Crippen molar-refractivity contribution in [3.8, 4) is 0 Å². The van der Waals surface area contributed by atoms with E-state index in [-0.39, 0.29) is 5.78 Å². The van der Waals surface area contributed by atoms with Crippen LogP contribution in [0, 0.1) is 0 Å². The monoisotopic (exact) mass is 204 g/mol. The summed E-state index contributed by atoms with van der Waals surface area (Å²) < 4.78 is 0. The summed E-state index contributed by atoms with van der Waals surface area (Å²) in [6.07, 6.45) is 12.5. The Bertz CT molecular complexity index is 336. The van der Waals surface area contributed by atoms with Crippen molar-refractivity contribution in [3.63, 3.8) is 0 Å². The van der Waals surface area contributed by atoms with Crippen LogP contribution in [-0.4, -0.2) is 31.0 Å². The van der Waals surface area contributed by atoms with E-state index in [0.29, 0.717) is 5.70 Å². The number of aliphatic imine (C=N–C) groups is 1. The van der Waals surface area contributed by atoms with Crippen LogP contribution < -0.4 is 0 Å². The molecule has 0 bridgehead atoms. The predicted octanol–water partition coefficient (Wildman–Crippen LogP) is 1.94. The van der Waals surface area contributed by atoms with Gasteiger partial charge in [0.2, 0.25) is 5.78 Å². The van der Waals surface area contributed by atoms with Crippen LogP contribution in [0.5, 0.6) is 0 Å². The standard InChI is InChI=1S/C12H16N2O/c1-14(2)10-8-12(15)11-7-5-3-4-6-9-13-11/h4,6-10H,3,5H2,1-2H3/b6-4?,10-8+,11-7?,13-9?. The maximum absolute atomic E-state index is 11.6. The fraction of sp³-hybridized carbons (Fsp3) is 0.333. The molecule has 0 amide bonds. The van der Waals surface area contributed by atoms with Crippen molar-refractivity contribution in [2.75, 3.05) is 14.1 Å². The van der Waals surface area contributed by atoms with Crippen molar-refractivity contribution in [3.05, 3.63) is 36.2 Å². The molecule has 0 aromatic heterocycles. The van der Waals surface area contributed by atoms with E-state index in [1.807, 2.05) is 37.2 Å². The molecule has 0 fully saturated rings. The number of rotatable bonds is 3. The molecule has 3 nitrogen and oxygen atoms in total. The van der Waals surface area contributed by atoms with Gasteiger partial charge >= 0.3 is 0 Å². The van der Waals surface area contributed by atoms with Crippen molar-refractivity contribution in [1.82, 2.24) is 4.90 Å². The maximum atomic E-state index is 11.6. The Morgan fingerprint density at radius 2 is 2.27 bits per heavy atom. The lowest BCUT2D eigenvalue weighted by Crippen LogP contribution is -2.04. The molecule has 0 unspecified atom stereocenters. The zero-order valence-corrected chi connectivity index (χ0v) is 9.18. The van der Waals surface area contributed by atoms with Gasteiger partial charge in [0.25, 0.3) is 0 Å². The van der Waals surface area contributed by atoms with Gasteiger partial charge in [-0.05, 0) is 18.9 Å². The molecule has 0 aromatic carbocycles. The van der Waals surface area contributed by atoms with Crippen LogP contribution in [0.15, 0.2) is 41.2 Å². The van der Waals surface area contributed by atoms with Gasteiger partial charge < -0.3 is 4.90 Å². The van der Waals surface area contributed by atoms with Crippen molar-refractivity contribution in [1.29, 1.82) is 0 Å². The summed E-state index contributed by atoms with van der Waals surface area (Å²) in [5, 5.41) is 0. The molecule has 1 aliphatic heterocycles. The molecule has 0 saturated carbocycles. The number of hydrogen-bond acceptors (Lipinski definition) is 3. The van der Waals surface area contributed by atoms with Gasteiger partial charge in [0, 0.05) is 32.6 Å². The number of allylic oxidation sites excluding steroid dienone is 4. The Hall–Kier alpha value is -1.64. The fourth-order valence-corrected chi connectivity index (χ4v) is 1.12. The molecule has 0 atom stereocenters. The van der Waals surface area contributed by atoms with Crippen molar-refractivity contribution in [2.24, 2.45) is 4.99 Å². The molecule has 0 N–H and O–H groups in total. The van der Waals surface area contributed by atoms with Gasteiger partial charge in [-0.3, -0.25) is 9.79 Å². The van der Waals surface area contributed by atoms with Crippen LogP contribution in [-0.2, 0) is 4.79 Å². The van der Waals surface area contributed by atoms with Crippen molar-refractivity contribution >= 4 is 12.0 Å². The van der Waals surface area contributed by atoms with Gasteiger partial charge in [-0.25, -0.2) is 0 Å². The first-order valence-electron chi connectivity index (χ1n) is 4.98. The molecular formula is C12H16N2O. The van der Waals surface area contributed by atoms with E-state index in [2.05, 4.69) is 4.99 Å². The lowest BCUT2D eigenvalue weighted by atomic mass is 10.2. The zero-order chi connectivity index (χ0) is 11.1. The highest BCUT2D eigenvalue weighted by Crippen LogP contribution is 2.06. The number of carbonyl (C=O) groups excluding carboxylic acids is 1. The Morgan fingerprint density at radius 3 is 3.00 bits per heavy atom. The number of ketones is 1. The summed E-state index contributed by atoms with van der Waals surface area (Å²) in [7, 11) is 3.75. The third-order valence-corrected chi connectivity index (χ3v) is 1.88. The molecule has 3 heteroatoms. The Morgan fingerprint density at radius 1 is 1.47 bits per heavy atom. The molecule has 0 aromatic rings. The largest absolute Gasteiger partial charge is 0.383 e. The third kappa shape index (κ3) is 4.40. The smallest absolute Gasteiger partial charge is 0.205 e. The van der Waals surface area contributed by atoms with E-state index in [1.165, 1.54) is 6.08 Å². The quantitative estimate of drug-likeness (QED) is 0.658. The van der Waals surface area contributed by atoms with Gasteiger partial charge in [0.15, 0.2) is 0 Å². The van der Waals surface area contributed by atoms with Crippen molar-refractivity contribution < 1.29 is 4.79 Å². The van der Waals surface area contributed by atoms with Crippen LogP contribution in [0.25, 0.3) is 0 Å². The van der Waals surface area contributed by atoms with E-state index >= 15 is 0 Å². The van der Waals surface area contributed by atoms with Gasteiger partial charge in [-0.1, -0.05) is 12.2 Å². The molecule has 0 spiro atoms. The highest BCUT2D eigenvalue weighted by Gasteiger charge is 2.03. The first kappa shape index (κ1) is 11.4. The second-order valence-electron chi connectivity index (χ2n) is 3.52. The summed E-state index contributed by atoms with van der Waals surface area (Å²) in [5.74, 6) is -0.0461. The normalized spacial score (nSPS) is 16.0. The SMILES string of the molecule is CN(C)/C=C/C(=O)C1=CCCC=CC=N1. The molecule has 0 saturated heterocycles. The van der Waals surface area contributed by atoms with E-state index in [0.717, 1.165) is 12.8 Å². The van der Waals surface area contributed by atoms with Gasteiger partial charge in [0.05, 0.1) is 0 Å². The highest BCUT2D eigenvalue weighted by atomic mass is 16.1. The molecule has 1 rings (SSSR count). The topological polar surface area (TPSA) is 32.7 Å². The average Bonchev–Trinajstić information content (AvgIpc) is 2.13. The van der Waals surface area contributed by atoms with Crippen LogP contribution in [0.3, 0.4) is 0 Å². The zero-order valence-electron chi connectivity index (χ0n) is 9.18. The maximum Gasteiger partial charge on any atom is 0.205 e. The molecule has 1 heterocycles. The number of hydrogen-bond donors (Lipinski definition) is 0.